The Bertz CT molecular complexity index is 1010. The van der Waals surface area contributed by atoms with Gasteiger partial charge in [0.2, 0.25) is 0 Å². The lowest BCUT2D eigenvalue weighted by molar-refractivity contribution is 0.0841. The number of nitrogens with two attached hydrogens (primary N) is 1. The van der Waals surface area contributed by atoms with Crippen molar-refractivity contribution in [2.24, 2.45) is 5.84 Å². The Hall–Kier alpha value is -2.83. The average molecular weight is 372 g/mol. The fourth-order valence-electron chi connectivity index (χ4n) is 2.96. The third-order valence-electron chi connectivity index (χ3n) is 4.21. The standard InChI is InChI=1S/C19H18ClN3O3/c1-11-9-13(7-8-15(11)20)26-10-17(24)23-12(2)18(19(25)22-21)14-5-3-4-6-16(14)23/h3-9H,10,21H2,1-2H3,(H,22,25). The van der Waals surface area contributed by atoms with Gasteiger partial charge in [0.1, 0.15) is 5.75 Å². The van der Waals surface area contributed by atoms with Crippen LogP contribution in [0.4, 0.5) is 0 Å². The number of carbonyl (C=O) groups is 2. The van der Waals surface area contributed by atoms with Crippen LogP contribution in [-0.2, 0) is 0 Å². The van der Waals surface area contributed by atoms with Crippen LogP contribution < -0.4 is 16.0 Å². The lowest BCUT2D eigenvalue weighted by Crippen LogP contribution is -2.30. The highest BCUT2D eigenvalue weighted by atomic mass is 35.5. The van der Waals surface area contributed by atoms with Crippen molar-refractivity contribution >= 4 is 34.3 Å². The molecule has 0 bridgehead atoms. The highest BCUT2D eigenvalue weighted by Crippen LogP contribution is 2.26. The fourth-order valence-corrected chi connectivity index (χ4v) is 3.08. The van der Waals surface area contributed by atoms with Gasteiger partial charge in [0.05, 0.1) is 11.1 Å². The van der Waals surface area contributed by atoms with Crippen molar-refractivity contribution in [1.82, 2.24) is 9.99 Å². The minimum absolute atomic E-state index is 0.176. The normalized spacial score (nSPS) is 10.8. The Morgan fingerprint density at radius 1 is 1.19 bits per heavy atom. The van der Waals surface area contributed by atoms with Gasteiger partial charge in [-0.15, -0.1) is 0 Å². The van der Waals surface area contributed by atoms with Crippen molar-refractivity contribution in [3.63, 3.8) is 0 Å². The Kier molecular flexibility index (Phi) is 4.97. The van der Waals surface area contributed by atoms with Crippen LogP contribution in [0.15, 0.2) is 42.5 Å². The molecule has 7 heteroatoms. The third-order valence-corrected chi connectivity index (χ3v) is 4.63. The minimum atomic E-state index is -0.445. The number of benzene rings is 2. The number of aromatic nitrogens is 1. The molecule has 0 aliphatic rings. The summed E-state index contributed by atoms with van der Waals surface area (Å²) in [5.41, 5.74) is 4.50. The van der Waals surface area contributed by atoms with Crippen molar-refractivity contribution in [1.29, 1.82) is 0 Å². The number of hydrogen-bond acceptors (Lipinski definition) is 4. The van der Waals surface area contributed by atoms with E-state index in [0.717, 1.165) is 5.56 Å². The maximum Gasteiger partial charge on any atom is 0.269 e. The molecule has 1 aromatic heterocycles. The molecule has 134 valence electrons. The highest BCUT2D eigenvalue weighted by Gasteiger charge is 2.22. The maximum atomic E-state index is 12.8. The quantitative estimate of drug-likeness (QED) is 0.419. The van der Waals surface area contributed by atoms with Gasteiger partial charge >= 0.3 is 0 Å². The van der Waals surface area contributed by atoms with Crippen LogP contribution in [0.2, 0.25) is 5.02 Å². The molecule has 3 N–H and O–H groups in total. The van der Waals surface area contributed by atoms with Gasteiger partial charge in [-0.3, -0.25) is 19.6 Å². The molecule has 0 radical (unpaired) electrons. The van der Waals surface area contributed by atoms with Crippen LogP contribution in [0.25, 0.3) is 10.9 Å². The highest BCUT2D eigenvalue weighted by molar-refractivity contribution is 6.31. The Labute approximate surface area is 155 Å². The molecule has 3 rings (SSSR count). The minimum Gasteiger partial charge on any atom is -0.484 e. The van der Waals surface area contributed by atoms with Crippen LogP contribution in [0.5, 0.6) is 5.75 Å². The van der Waals surface area contributed by atoms with Crippen molar-refractivity contribution in [3.05, 3.63) is 64.3 Å². The first-order valence-corrected chi connectivity index (χ1v) is 8.35. The molecule has 0 aliphatic carbocycles. The van der Waals surface area contributed by atoms with Gasteiger partial charge in [-0.1, -0.05) is 29.8 Å². The zero-order valence-electron chi connectivity index (χ0n) is 14.4. The summed E-state index contributed by atoms with van der Waals surface area (Å²) in [6.45, 7) is 3.39. The number of nitrogens with one attached hydrogen (secondary N) is 1. The van der Waals surface area contributed by atoms with Gasteiger partial charge in [-0.25, -0.2) is 5.84 Å². The molecule has 2 aromatic carbocycles. The predicted molar refractivity (Wildman–Crippen MR) is 101 cm³/mol. The molecule has 26 heavy (non-hydrogen) atoms. The molecule has 6 nitrogen and oxygen atoms in total. The number of hydrazine groups is 1. The topological polar surface area (TPSA) is 86.3 Å². The van der Waals surface area contributed by atoms with Crippen molar-refractivity contribution in [2.75, 3.05) is 6.61 Å². The number of rotatable bonds is 4. The first-order chi connectivity index (χ1) is 12.4. The van der Waals surface area contributed by atoms with Gasteiger partial charge in [-0.05, 0) is 43.7 Å². The number of ether oxygens (including phenoxy) is 1. The first kappa shape index (κ1) is 18.0. The summed E-state index contributed by atoms with van der Waals surface area (Å²) in [6, 6.07) is 12.4. The zero-order valence-corrected chi connectivity index (χ0v) is 15.1. The van der Waals surface area contributed by atoms with E-state index in [1.54, 1.807) is 49.4 Å². The number of nitrogens with zero attached hydrogens (tertiary/aromatic N) is 1. The summed E-state index contributed by atoms with van der Waals surface area (Å²) in [4.78, 5) is 24.9. The Balaban J connectivity index is 1.94. The molecule has 0 saturated heterocycles. The number of amides is 1. The molecule has 0 saturated carbocycles. The monoisotopic (exact) mass is 371 g/mol. The van der Waals surface area contributed by atoms with Gasteiger partial charge in [0.15, 0.2) is 6.61 Å². The number of halogens is 1. The van der Waals surface area contributed by atoms with Crippen LogP contribution in [0.3, 0.4) is 0 Å². The molecule has 0 atom stereocenters. The van der Waals surface area contributed by atoms with Crippen LogP contribution >= 0.6 is 11.6 Å². The fraction of sp³-hybridized carbons (Fsp3) is 0.158. The number of carbonyl (C=O) groups excluding carboxylic acids is 2. The van der Waals surface area contributed by atoms with Gasteiger partial charge in [-0.2, -0.15) is 0 Å². The van der Waals surface area contributed by atoms with E-state index in [9.17, 15) is 9.59 Å². The van der Waals surface area contributed by atoms with E-state index in [1.807, 2.05) is 6.92 Å². The van der Waals surface area contributed by atoms with Crippen LogP contribution in [0.1, 0.15) is 26.4 Å². The molecule has 0 unspecified atom stereocenters. The van der Waals surface area contributed by atoms with Crippen molar-refractivity contribution in [2.45, 2.75) is 13.8 Å². The second-order valence-electron chi connectivity index (χ2n) is 5.88. The largest absolute Gasteiger partial charge is 0.484 e. The number of nitrogen functional groups attached to an aromatic ring is 1. The first-order valence-electron chi connectivity index (χ1n) is 7.97. The SMILES string of the molecule is Cc1cc(OCC(=O)n2c(C)c(C(=O)NN)c3ccccc32)ccc1Cl. The van der Waals surface area contributed by atoms with Crippen LogP contribution in [0, 0.1) is 13.8 Å². The van der Waals surface area contributed by atoms with E-state index in [0.29, 0.717) is 32.9 Å². The molecule has 0 aliphatic heterocycles. The van der Waals surface area contributed by atoms with Gasteiger partial charge < -0.3 is 4.74 Å². The van der Waals surface area contributed by atoms with E-state index < -0.39 is 5.91 Å². The second-order valence-corrected chi connectivity index (χ2v) is 6.29. The number of aryl methyl sites for hydroxylation is 1. The van der Waals surface area contributed by atoms with Gasteiger partial charge in [0.25, 0.3) is 11.8 Å². The smallest absolute Gasteiger partial charge is 0.269 e. The zero-order chi connectivity index (χ0) is 18.8. The van der Waals surface area contributed by atoms with Crippen molar-refractivity contribution in [3.8, 4) is 5.75 Å². The number of hydrogen-bond donors (Lipinski definition) is 2. The molecule has 0 spiro atoms. The third kappa shape index (κ3) is 3.16. The summed E-state index contributed by atoms with van der Waals surface area (Å²) < 4.78 is 7.08. The van der Waals surface area contributed by atoms with E-state index in [4.69, 9.17) is 22.2 Å². The summed E-state index contributed by atoms with van der Waals surface area (Å²) in [7, 11) is 0. The molecular formula is C19H18ClN3O3. The lowest BCUT2D eigenvalue weighted by atomic mass is 10.1. The number of fused-ring (bicyclic) bond motifs is 1. The molecular weight excluding hydrogens is 354 g/mol. The Morgan fingerprint density at radius 2 is 1.92 bits per heavy atom. The Morgan fingerprint density at radius 3 is 2.62 bits per heavy atom. The molecule has 1 amide bonds. The van der Waals surface area contributed by atoms with Gasteiger partial charge in [0, 0.05) is 16.1 Å². The molecule has 1 heterocycles. The summed E-state index contributed by atoms with van der Waals surface area (Å²) in [5, 5.41) is 1.29. The molecule has 0 fully saturated rings. The maximum absolute atomic E-state index is 12.8. The van der Waals surface area contributed by atoms with Crippen molar-refractivity contribution < 1.29 is 14.3 Å². The van der Waals surface area contributed by atoms with E-state index in [-0.39, 0.29) is 12.5 Å². The predicted octanol–water partition coefficient (Wildman–Crippen LogP) is 3.23. The lowest BCUT2D eigenvalue weighted by Gasteiger charge is -2.10. The van der Waals surface area contributed by atoms with E-state index in [1.165, 1.54) is 4.57 Å². The van der Waals surface area contributed by atoms with E-state index in [2.05, 4.69) is 5.43 Å². The average Bonchev–Trinajstić information content (AvgIpc) is 2.93. The summed E-state index contributed by atoms with van der Waals surface area (Å²) in [6.07, 6.45) is 0. The molecule has 3 aromatic rings. The summed E-state index contributed by atoms with van der Waals surface area (Å²) >= 11 is 6.00. The van der Waals surface area contributed by atoms with E-state index >= 15 is 0 Å². The second kappa shape index (κ2) is 7.19. The number of para-hydroxylation sites is 1. The van der Waals surface area contributed by atoms with Crippen LogP contribution in [-0.4, -0.2) is 23.0 Å². The summed E-state index contributed by atoms with van der Waals surface area (Å²) in [5.74, 6) is 5.10.